The van der Waals surface area contributed by atoms with Gasteiger partial charge in [0, 0.05) is 18.9 Å². The molecule has 1 atom stereocenters. The molecule has 3 N–H and O–H groups in total. The maximum atomic E-state index is 12.5. The third-order valence-electron chi connectivity index (χ3n) is 5.68. The van der Waals surface area contributed by atoms with Crippen LogP contribution < -0.4 is 10.6 Å². The van der Waals surface area contributed by atoms with E-state index in [4.69, 9.17) is 9.84 Å². The van der Waals surface area contributed by atoms with Gasteiger partial charge in [0.1, 0.15) is 12.6 Å². The lowest BCUT2D eigenvalue weighted by Crippen LogP contribution is -2.47. The molecule has 0 fully saturated rings. The lowest BCUT2D eigenvalue weighted by molar-refractivity contribution is -0.137. The Kier molecular flexibility index (Phi) is 8.43. The van der Waals surface area contributed by atoms with E-state index in [2.05, 4.69) is 22.8 Å². The van der Waals surface area contributed by atoms with Gasteiger partial charge in [-0.05, 0) is 55.7 Å². The summed E-state index contributed by atoms with van der Waals surface area (Å²) in [6.45, 7) is 1.36. The number of amides is 2. The topological polar surface area (TPSA) is 108 Å². The van der Waals surface area contributed by atoms with Crippen LogP contribution in [0.15, 0.2) is 48.5 Å². The van der Waals surface area contributed by atoms with Crippen molar-refractivity contribution in [3.05, 3.63) is 59.7 Å². The highest BCUT2D eigenvalue weighted by molar-refractivity contribution is 5.86. The maximum Gasteiger partial charge on any atom is 0.407 e. The monoisotopic (exact) mass is 453 g/mol. The van der Waals surface area contributed by atoms with E-state index in [1.165, 1.54) is 0 Å². The predicted molar refractivity (Wildman–Crippen MR) is 125 cm³/mol. The summed E-state index contributed by atoms with van der Waals surface area (Å²) >= 11 is 0. The van der Waals surface area contributed by atoms with Crippen molar-refractivity contribution >= 4 is 18.0 Å². The fourth-order valence-electron chi connectivity index (χ4n) is 4.05. The predicted octanol–water partition coefficient (Wildman–Crippen LogP) is 2.83. The molecule has 1 aliphatic rings. The molecule has 0 saturated heterocycles. The Morgan fingerprint density at radius 1 is 1.03 bits per heavy atom. The second-order valence-electron chi connectivity index (χ2n) is 8.40. The fraction of sp³-hybridized carbons (Fsp3) is 0.400. The first-order valence-corrected chi connectivity index (χ1v) is 11.1. The molecule has 1 unspecified atom stereocenters. The van der Waals surface area contributed by atoms with Gasteiger partial charge in [0.25, 0.3) is 0 Å². The largest absolute Gasteiger partial charge is 0.481 e. The molecule has 8 nitrogen and oxygen atoms in total. The van der Waals surface area contributed by atoms with E-state index in [9.17, 15) is 14.4 Å². The Balaban J connectivity index is 1.59. The molecule has 0 heterocycles. The van der Waals surface area contributed by atoms with E-state index in [1.54, 1.807) is 0 Å². The van der Waals surface area contributed by atoms with Crippen LogP contribution >= 0.6 is 0 Å². The molecule has 0 aromatic heterocycles. The Labute approximate surface area is 193 Å². The number of rotatable bonds is 11. The quantitative estimate of drug-likeness (QED) is 0.452. The SMILES string of the molecule is CN(C)CCCNC(=O)C(CCC(=O)O)NC(=O)OCC1c2ccccc2-c2ccccc21. The van der Waals surface area contributed by atoms with Gasteiger partial charge in [-0.3, -0.25) is 9.59 Å². The van der Waals surface area contributed by atoms with Gasteiger partial charge in [0.05, 0.1) is 0 Å². The highest BCUT2D eigenvalue weighted by Crippen LogP contribution is 2.44. The molecular weight excluding hydrogens is 422 g/mol. The highest BCUT2D eigenvalue weighted by Gasteiger charge is 2.29. The Morgan fingerprint density at radius 3 is 2.21 bits per heavy atom. The number of nitrogens with one attached hydrogen (secondary N) is 2. The molecule has 0 aliphatic heterocycles. The van der Waals surface area contributed by atoms with Gasteiger partial charge in [-0.15, -0.1) is 0 Å². The van der Waals surface area contributed by atoms with Crippen LogP contribution in [-0.4, -0.2) is 67.8 Å². The van der Waals surface area contributed by atoms with E-state index in [1.807, 2.05) is 55.4 Å². The lowest BCUT2D eigenvalue weighted by Gasteiger charge is -2.19. The number of carboxylic acid groups (broad SMARTS) is 1. The zero-order valence-corrected chi connectivity index (χ0v) is 19.0. The third-order valence-corrected chi connectivity index (χ3v) is 5.68. The Bertz CT molecular complexity index is 946. The standard InChI is InChI=1S/C25H31N3O5/c1-28(2)15-7-14-26-24(31)22(12-13-23(29)30)27-25(32)33-16-21-19-10-5-3-8-17(19)18-9-4-6-11-20(18)21/h3-6,8-11,21-22H,7,12-16H2,1-2H3,(H,26,31)(H,27,32)(H,29,30). The van der Waals surface area contributed by atoms with Crippen LogP contribution in [0.3, 0.4) is 0 Å². The van der Waals surface area contributed by atoms with Gasteiger partial charge in [-0.1, -0.05) is 48.5 Å². The number of fused-ring (bicyclic) bond motifs is 3. The summed E-state index contributed by atoms with van der Waals surface area (Å²) in [6.07, 6.45) is -0.246. The van der Waals surface area contributed by atoms with Gasteiger partial charge < -0.3 is 25.4 Å². The number of hydrogen-bond acceptors (Lipinski definition) is 5. The molecule has 2 aromatic rings. The van der Waals surface area contributed by atoms with E-state index < -0.39 is 24.0 Å². The highest BCUT2D eigenvalue weighted by atomic mass is 16.5. The number of carboxylic acids is 1. The number of carbonyl (C=O) groups is 3. The summed E-state index contributed by atoms with van der Waals surface area (Å²) in [5, 5.41) is 14.3. The van der Waals surface area contributed by atoms with E-state index in [0.29, 0.717) is 6.54 Å². The third kappa shape index (κ3) is 6.55. The van der Waals surface area contributed by atoms with Crippen LogP contribution in [0.5, 0.6) is 0 Å². The van der Waals surface area contributed by atoms with Gasteiger partial charge in [-0.2, -0.15) is 0 Å². The van der Waals surface area contributed by atoms with Crippen molar-refractivity contribution in [2.24, 2.45) is 0 Å². The van der Waals surface area contributed by atoms with E-state index in [-0.39, 0.29) is 25.4 Å². The van der Waals surface area contributed by atoms with Gasteiger partial charge in [0.15, 0.2) is 0 Å². The maximum absolute atomic E-state index is 12.5. The summed E-state index contributed by atoms with van der Waals surface area (Å²) in [4.78, 5) is 38.1. The molecular formula is C25H31N3O5. The van der Waals surface area contributed by atoms with Crippen LogP contribution in [-0.2, 0) is 14.3 Å². The normalized spacial score (nSPS) is 13.2. The molecule has 0 spiro atoms. The zero-order valence-electron chi connectivity index (χ0n) is 19.0. The molecule has 176 valence electrons. The lowest BCUT2D eigenvalue weighted by atomic mass is 9.98. The number of nitrogens with zero attached hydrogens (tertiary/aromatic N) is 1. The van der Waals surface area contributed by atoms with Crippen molar-refractivity contribution in [1.82, 2.24) is 15.5 Å². The van der Waals surface area contributed by atoms with Gasteiger partial charge in [-0.25, -0.2) is 4.79 Å². The summed E-state index contributed by atoms with van der Waals surface area (Å²) < 4.78 is 5.50. The first-order valence-electron chi connectivity index (χ1n) is 11.1. The summed E-state index contributed by atoms with van der Waals surface area (Å²) in [6, 6.07) is 15.1. The van der Waals surface area contributed by atoms with Crippen molar-refractivity contribution < 1.29 is 24.2 Å². The Hall–Kier alpha value is -3.39. The second kappa shape index (κ2) is 11.5. The van der Waals surface area contributed by atoms with Crippen molar-refractivity contribution in [1.29, 1.82) is 0 Å². The van der Waals surface area contributed by atoms with Crippen LogP contribution in [0.1, 0.15) is 36.3 Å². The first kappa shape index (κ1) is 24.3. The van der Waals surface area contributed by atoms with E-state index >= 15 is 0 Å². The Morgan fingerprint density at radius 2 is 1.64 bits per heavy atom. The van der Waals surface area contributed by atoms with Crippen molar-refractivity contribution in [3.63, 3.8) is 0 Å². The summed E-state index contributed by atoms with van der Waals surface area (Å²) in [7, 11) is 3.88. The van der Waals surface area contributed by atoms with Gasteiger partial charge >= 0.3 is 12.1 Å². The molecule has 0 radical (unpaired) electrons. The van der Waals surface area contributed by atoms with E-state index in [0.717, 1.165) is 35.2 Å². The first-order chi connectivity index (χ1) is 15.9. The van der Waals surface area contributed by atoms with Crippen molar-refractivity contribution in [2.45, 2.75) is 31.2 Å². The van der Waals surface area contributed by atoms with Crippen LogP contribution in [0.25, 0.3) is 11.1 Å². The minimum atomic E-state index is -1.03. The number of benzene rings is 2. The molecule has 1 aliphatic carbocycles. The van der Waals surface area contributed by atoms with Crippen LogP contribution in [0, 0.1) is 0 Å². The fourth-order valence-corrected chi connectivity index (χ4v) is 4.05. The number of aliphatic carboxylic acids is 1. The van der Waals surface area contributed by atoms with Crippen molar-refractivity contribution in [2.75, 3.05) is 33.8 Å². The minimum Gasteiger partial charge on any atom is -0.481 e. The van der Waals surface area contributed by atoms with Crippen LogP contribution in [0.4, 0.5) is 4.79 Å². The average Bonchev–Trinajstić information content (AvgIpc) is 3.11. The van der Waals surface area contributed by atoms with Crippen molar-refractivity contribution in [3.8, 4) is 11.1 Å². The number of ether oxygens (including phenoxy) is 1. The average molecular weight is 454 g/mol. The number of alkyl carbamates (subject to hydrolysis) is 1. The van der Waals surface area contributed by atoms with Crippen LogP contribution in [0.2, 0.25) is 0 Å². The molecule has 2 amide bonds. The summed E-state index contributed by atoms with van der Waals surface area (Å²) in [5.74, 6) is -1.54. The molecule has 33 heavy (non-hydrogen) atoms. The van der Waals surface area contributed by atoms with Gasteiger partial charge in [0.2, 0.25) is 5.91 Å². The number of carbonyl (C=O) groups excluding carboxylic acids is 2. The smallest absolute Gasteiger partial charge is 0.407 e. The summed E-state index contributed by atoms with van der Waals surface area (Å²) in [5.41, 5.74) is 4.43. The molecule has 0 bridgehead atoms. The minimum absolute atomic E-state index is 0.0148. The molecule has 3 rings (SSSR count). The zero-order chi connectivity index (χ0) is 23.8. The number of hydrogen-bond donors (Lipinski definition) is 3. The second-order valence-corrected chi connectivity index (χ2v) is 8.40. The molecule has 8 heteroatoms. The molecule has 0 saturated carbocycles. The molecule has 2 aromatic carbocycles.